The quantitative estimate of drug-likeness (QED) is 0.353. The van der Waals surface area contributed by atoms with Gasteiger partial charge in [-0.1, -0.05) is 6.07 Å². The van der Waals surface area contributed by atoms with E-state index in [2.05, 4.69) is 0 Å². The number of hydrogen-bond donors (Lipinski definition) is 0. The van der Waals surface area contributed by atoms with Crippen LogP contribution in [0, 0.1) is 0 Å². The molecule has 33 heavy (non-hydrogen) atoms. The average molecular weight is 484 g/mol. The summed E-state index contributed by atoms with van der Waals surface area (Å²) in [4.78, 5) is 56.6. The highest BCUT2D eigenvalue weighted by atomic mass is 32.1. The zero-order valence-electron chi connectivity index (χ0n) is 19.5. The van der Waals surface area contributed by atoms with Gasteiger partial charge >= 0.3 is 5.97 Å². The first-order valence-electron chi connectivity index (χ1n) is 10.9. The lowest BCUT2D eigenvalue weighted by Gasteiger charge is -2.40. The fourth-order valence-corrected chi connectivity index (χ4v) is 4.25. The van der Waals surface area contributed by atoms with Crippen LogP contribution in [0.4, 0.5) is 0 Å². The fourth-order valence-electron chi connectivity index (χ4n) is 3.55. The van der Waals surface area contributed by atoms with Gasteiger partial charge in [-0.15, -0.1) is 11.3 Å². The molecular weight excluding hydrogens is 450 g/mol. The number of carbonyl (C=O) groups excluding carboxylic acids is 4. The minimum atomic E-state index is -0.942. The smallest absolute Gasteiger partial charge is 0.325 e. The number of hydrogen-bond acceptors (Lipinski definition) is 8. The summed E-state index contributed by atoms with van der Waals surface area (Å²) in [5.41, 5.74) is 0. The van der Waals surface area contributed by atoms with Gasteiger partial charge in [-0.05, 0) is 24.8 Å². The van der Waals surface area contributed by atoms with Crippen LogP contribution in [0.5, 0.6) is 0 Å². The van der Waals surface area contributed by atoms with Gasteiger partial charge in [0.15, 0.2) is 0 Å². The Kier molecular flexibility index (Phi) is 11.3. The number of nitrogens with zero attached hydrogens (tertiary/aromatic N) is 3. The third kappa shape index (κ3) is 8.09. The lowest BCUT2D eigenvalue weighted by atomic mass is 10.0. The Morgan fingerprint density at radius 3 is 2.58 bits per heavy atom. The molecule has 0 bridgehead atoms. The Bertz CT molecular complexity index is 787. The van der Waals surface area contributed by atoms with Gasteiger partial charge in [0, 0.05) is 38.7 Å². The van der Waals surface area contributed by atoms with Crippen LogP contribution >= 0.6 is 11.3 Å². The van der Waals surface area contributed by atoms with Gasteiger partial charge in [0.25, 0.3) is 0 Å². The largest absolute Gasteiger partial charge is 0.465 e. The Labute approximate surface area is 198 Å². The number of methoxy groups -OCH3 is 2. The summed E-state index contributed by atoms with van der Waals surface area (Å²) >= 11 is 1.58. The van der Waals surface area contributed by atoms with Crippen molar-refractivity contribution < 1.29 is 33.4 Å². The van der Waals surface area contributed by atoms with Gasteiger partial charge in [0.2, 0.25) is 17.7 Å². The van der Waals surface area contributed by atoms with Crippen LogP contribution in [0.1, 0.15) is 18.2 Å². The fraction of sp³-hybridized carbons (Fsp3) is 0.636. The lowest BCUT2D eigenvalue weighted by molar-refractivity contribution is -0.159. The summed E-state index contributed by atoms with van der Waals surface area (Å²) in [5, 5.41) is 1.95. The molecule has 1 aromatic heterocycles. The molecule has 10 nitrogen and oxygen atoms in total. The molecule has 1 fully saturated rings. The maximum atomic E-state index is 13.2. The zero-order chi connectivity index (χ0) is 24.2. The highest BCUT2D eigenvalue weighted by Gasteiger charge is 2.40. The van der Waals surface area contributed by atoms with Crippen molar-refractivity contribution >= 4 is 35.0 Å². The molecule has 3 amide bonds. The van der Waals surface area contributed by atoms with E-state index in [-0.39, 0.29) is 64.2 Å². The molecule has 0 aromatic carbocycles. The molecule has 2 rings (SSSR count). The SMILES string of the molecule is CCOC(=O)CN(CCOC)C(=O)CC1C(=O)N(CCOC)CC(=O)N1CCc1cccs1. The molecule has 184 valence electrons. The number of esters is 1. The van der Waals surface area contributed by atoms with E-state index in [1.54, 1.807) is 18.3 Å². The van der Waals surface area contributed by atoms with Crippen LogP contribution in [0.15, 0.2) is 17.5 Å². The van der Waals surface area contributed by atoms with E-state index in [0.717, 1.165) is 4.88 Å². The van der Waals surface area contributed by atoms with E-state index in [4.69, 9.17) is 14.2 Å². The van der Waals surface area contributed by atoms with Gasteiger partial charge in [0.05, 0.1) is 32.8 Å². The second-order valence-corrected chi connectivity index (χ2v) is 8.53. The molecule has 1 aromatic rings. The van der Waals surface area contributed by atoms with Crippen molar-refractivity contribution in [2.24, 2.45) is 0 Å². The Balaban J connectivity index is 2.18. The number of rotatable bonds is 14. The van der Waals surface area contributed by atoms with E-state index in [1.165, 1.54) is 28.9 Å². The summed E-state index contributed by atoms with van der Waals surface area (Å²) in [6.07, 6.45) is 0.372. The molecule has 11 heteroatoms. The summed E-state index contributed by atoms with van der Waals surface area (Å²) in [5.74, 6) is -1.46. The van der Waals surface area contributed by atoms with Crippen molar-refractivity contribution in [1.82, 2.24) is 14.7 Å². The first-order valence-corrected chi connectivity index (χ1v) is 11.8. The Morgan fingerprint density at radius 1 is 1.18 bits per heavy atom. The van der Waals surface area contributed by atoms with Crippen molar-refractivity contribution in [3.8, 4) is 0 Å². The molecular formula is C22H33N3O7S. The minimum Gasteiger partial charge on any atom is -0.465 e. The topological polar surface area (TPSA) is 106 Å². The number of piperazine rings is 1. The second kappa shape index (κ2) is 13.9. The van der Waals surface area contributed by atoms with Gasteiger partial charge in [-0.2, -0.15) is 0 Å². The standard InChI is InChI=1S/C22H33N3O7S/c1-4-32-21(28)16-23(9-11-30-2)19(26)14-18-22(29)24(10-12-31-3)15-20(27)25(18)8-7-17-6-5-13-33-17/h5-6,13,18H,4,7-12,14-16H2,1-3H3. The van der Waals surface area contributed by atoms with E-state index in [0.29, 0.717) is 13.0 Å². The Morgan fingerprint density at radius 2 is 1.94 bits per heavy atom. The highest BCUT2D eigenvalue weighted by Crippen LogP contribution is 2.19. The monoisotopic (exact) mass is 483 g/mol. The van der Waals surface area contributed by atoms with Gasteiger partial charge < -0.3 is 28.9 Å². The predicted octanol–water partition coefficient (Wildman–Crippen LogP) is 0.405. The summed E-state index contributed by atoms with van der Waals surface area (Å²) in [6, 6.07) is 2.96. The van der Waals surface area contributed by atoms with E-state index >= 15 is 0 Å². The van der Waals surface area contributed by atoms with E-state index in [1.807, 2.05) is 17.5 Å². The van der Waals surface area contributed by atoms with Crippen LogP contribution in [0.3, 0.4) is 0 Å². The molecule has 1 aliphatic heterocycles. The number of amides is 3. The van der Waals surface area contributed by atoms with Gasteiger partial charge in [-0.25, -0.2) is 0 Å². The summed E-state index contributed by atoms with van der Waals surface area (Å²) in [6.45, 7) is 2.88. The van der Waals surface area contributed by atoms with Crippen LogP contribution in [0.2, 0.25) is 0 Å². The molecule has 0 saturated carbocycles. The van der Waals surface area contributed by atoms with Gasteiger partial charge in [0.1, 0.15) is 12.6 Å². The molecule has 0 spiro atoms. The van der Waals surface area contributed by atoms with Crippen molar-refractivity contribution in [2.75, 3.05) is 66.8 Å². The maximum Gasteiger partial charge on any atom is 0.325 e. The molecule has 0 aliphatic carbocycles. The molecule has 1 unspecified atom stereocenters. The molecule has 1 aliphatic rings. The third-order valence-electron chi connectivity index (χ3n) is 5.28. The molecule has 1 saturated heterocycles. The normalized spacial score (nSPS) is 16.3. The van der Waals surface area contributed by atoms with Crippen LogP contribution < -0.4 is 0 Å². The van der Waals surface area contributed by atoms with Crippen LogP contribution in [0.25, 0.3) is 0 Å². The number of thiophene rings is 1. The predicted molar refractivity (Wildman–Crippen MR) is 122 cm³/mol. The van der Waals surface area contributed by atoms with Crippen molar-refractivity contribution in [2.45, 2.75) is 25.8 Å². The zero-order valence-corrected chi connectivity index (χ0v) is 20.3. The van der Waals surface area contributed by atoms with E-state index < -0.39 is 17.9 Å². The van der Waals surface area contributed by atoms with Crippen LogP contribution in [-0.4, -0.2) is 111 Å². The molecule has 0 radical (unpaired) electrons. The Hall–Kier alpha value is -2.50. The van der Waals surface area contributed by atoms with Crippen molar-refractivity contribution in [3.63, 3.8) is 0 Å². The summed E-state index contributed by atoms with van der Waals surface area (Å²) in [7, 11) is 3.02. The third-order valence-corrected chi connectivity index (χ3v) is 6.21. The average Bonchev–Trinajstić information content (AvgIpc) is 3.31. The first kappa shape index (κ1) is 26.7. The second-order valence-electron chi connectivity index (χ2n) is 7.50. The van der Waals surface area contributed by atoms with Crippen molar-refractivity contribution in [3.05, 3.63) is 22.4 Å². The molecule has 0 N–H and O–H groups in total. The minimum absolute atomic E-state index is 0.0481. The number of carbonyl (C=O) groups is 4. The van der Waals surface area contributed by atoms with Crippen LogP contribution in [-0.2, 0) is 39.8 Å². The number of ether oxygens (including phenoxy) is 3. The summed E-state index contributed by atoms with van der Waals surface area (Å²) < 4.78 is 15.1. The molecule has 2 heterocycles. The highest BCUT2D eigenvalue weighted by molar-refractivity contribution is 7.09. The molecule has 1 atom stereocenters. The first-order chi connectivity index (χ1) is 15.9. The van der Waals surface area contributed by atoms with Gasteiger partial charge in [-0.3, -0.25) is 19.2 Å². The lowest BCUT2D eigenvalue weighted by Crippen LogP contribution is -2.61. The van der Waals surface area contributed by atoms with E-state index in [9.17, 15) is 19.2 Å². The maximum absolute atomic E-state index is 13.2. The van der Waals surface area contributed by atoms with Crippen molar-refractivity contribution in [1.29, 1.82) is 0 Å².